The van der Waals surface area contributed by atoms with E-state index in [0.717, 1.165) is 77.0 Å². The van der Waals surface area contributed by atoms with E-state index >= 15 is 0 Å². The molecule has 1 N–H and O–H groups in total. The minimum absolute atomic E-state index is 0.0635. The van der Waals surface area contributed by atoms with Crippen molar-refractivity contribution in [2.75, 3.05) is 13.2 Å². The van der Waals surface area contributed by atoms with Crippen LogP contribution in [0.4, 0.5) is 0 Å². The van der Waals surface area contributed by atoms with E-state index in [0.29, 0.717) is 12.8 Å². The number of unbranched alkanes of at least 4 members (excludes halogenated alkanes) is 43. The molecule has 5 heteroatoms. The van der Waals surface area contributed by atoms with Crippen LogP contribution in [0.15, 0.2) is 85.1 Å². The SMILES string of the molecule is CC/C=C\C/C=C\C/C=C\C/C=C\CCCCCCCCCCCCCCCCCCCCCCCCC(=O)OC(CO)COC(=O)CCCCCCCCCCCCCCCCCC/C=C\C/C=C\C/C=C\CCCCCCC. The Morgan fingerprint density at radius 2 is 0.537 bits per heavy atom. The summed E-state index contributed by atoms with van der Waals surface area (Å²) in [7, 11) is 0. The first-order valence-corrected chi connectivity index (χ1v) is 35.1. The van der Waals surface area contributed by atoms with E-state index in [1.807, 2.05) is 0 Å². The summed E-state index contributed by atoms with van der Waals surface area (Å²) in [5, 5.41) is 9.71. The maximum absolute atomic E-state index is 12.4. The largest absolute Gasteiger partial charge is 0.462 e. The van der Waals surface area contributed by atoms with Gasteiger partial charge >= 0.3 is 11.9 Å². The molecule has 0 aromatic heterocycles. The molecule has 0 rings (SSSR count). The first kappa shape index (κ1) is 77.1. The van der Waals surface area contributed by atoms with E-state index in [-0.39, 0.29) is 25.2 Å². The highest BCUT2D eigenvalue weighted by Crippen LogP contribution is 2.18. The van der Waals surface area contributed by atoms with Crippen LogP contribution in [0.1, 0.15) is 361 Å². The summed E-state index contributed by atoms with van der Waals surface area (Å²) in [6.45, 7) is 4.06. The molecule has 0 aromatic carbocycles. The summed E-state index contributed by atoms with van der Waals surface area (Å²) in [6.07, 6.45) is 99.0. The van der Waals surface area contributed by atoms with Crippen molar-refractivity contribution in [3.8, 4) is 0 Å². The van der Waals surface area contributed by atoms with Crippen molar-refractivity contribution in [3.05, 3.63) is 85.1 Å². The van der Waals surface area contributed by atoms with Gasteiger partial charge in [0.15, 0.2) is 6.10 Å². The number of hydrogen-bond acceptors (Lipinski definition) is 5. The van der Waals surface area contributed by atoms with Gasteiger partial charge in [-0.25, -0.2) is 0 Å². The standard InChI is InChI=1S/C75H134O5/c1-3-5-7-9-11-13-15-17-19-21-23-25-27-29-31-33-35-36-37-38-40-42-44-46-48-50-52-54-56-58-60-62-64-66-68-70-75(78)80-73(71-76)72-79-74(77)69-67-65-63-61-59-57-55-53-51-49-47-45-43-41-39-34-32-30-28-26-24-22-20-18-16-14-12-10-8-6-4-2/h5,7,11,13,16-19,22-25,28,30,73,76H,3-4,6,8-10,12,14-15,20-21,26-27,29,31-72H2,1-2H3/b7-5-,13-11-,18-16-,19-17-,24-22-,25-23-,30-28-. The number of hydrogen-bond donors (Lipinski definition) is 1. The average Bonchev–Trinajstić information content (AvgIpc) is 3.46. The molecule has 0 aliphatic carbocycles. The molecule has 80 heavy (non-hydrogen) atoms. The quantitative estimate of drug-likeness (QED) is 0.0373. The van der Waals surface area contributed by atoms with Crippen LogP contribution in [-0.2, 0) is 19.1 Å². The van der Waals surface area contributed by atoms with Crippen molar-refractivity contribution in [2.24, 2.45) is 0 Å². The topological polar surface area (TPSA) is 72.8 Å². The molecule has 1 unspecified atom stereocenters. The first-order chi connectivity index (χ1) is 39.6. The summed E-state index contributed by atoms with van der Waals surface area (Å²) in [5.74, 6) is -0.573. The van der Waals surface area contributed by atoms with Gasteiger partial charge in [-0.15, -0.1) is 0 Å². The van der Waals surface area contributed by atoms with Crippen LogP contribution in [-0.4, -0.2) is 36.4 Å². The Bertz CT molecular complexity index is 1450. The van der Waals surface area contributed by atoms with Crippen molar-refractivity contribution in [3.63, 3.8) is 0 Å². The Balaban J connectivity index is 3.42. The maximum atomic E-state index is 12.4. The van der Waals surface area contributed by atoms with E-state index in [1.54, 1.807) is 0 Å². The van der Waals surface area contributed by atoms with Crippen LogP contribution in [0.3, 0.4) is 0 Å². The van der Waals surface area contributed by atoms with Crippen LogP contribution in [0.2, 0.25) is 0 Å². The monoisotopic (exact) mass is 1120 g/mol. The minimum atomic E-state index is -0.774. The molecule has 0 aliphatic rings. The molecule has 0 saturated carbocycles. The van der Waals surface area contributed by atoms with Gasteiger partial charge in [0.1, 0.15) is 6.61 Å². The summed E-state index contributed by atoms with van der Waals surface area (Å²) in [4.78, 5) is 24.7. The molecule has 5 nitrogen and oxygen atoms in total. The average molecular weight is 1120 g/mol. The maximum Gasteiger partial charge on any atom is 0.306 e. The second-order valence-electron chi connectivity index (χ2n) is 23.6. The molecular formula is C75H134O5. The third-order valence-corrected chi connectivity index (χ3v) is 15.7. The van der Waals surface area contributed by atoms with E-state index in [2.05, 4.69) is 98.9 Å². The van der Waals surface area contributed by atoms with Crippen LogP contribution in [0.5, 0.6) is 0 Å². The number of rotatable bonds is 65. The summed E-state index contributed by atoms with van der Waals surface area (Å²) in [5.41, 5.74) is 0. The molecule has 0 aromatic rings. The van der Waals surface area contributed by atoms with Crippen molar-refractivity contribution < 1.29 is 24.2 Å². The van der Waals surface area contributed by atoms with E-state index in [9.17, 15) is 14.7 Å². The molecule has 464 valence electrons. The fourth-order valence-electron chi connectivity index (χ4n) is 10.4. The normalized spacial score (nSPS) is 12.7. The van der Waals surface area contributed by atoms with E-state index in [1.165, 1.54) is 257 Å². The number of ether oxygens (including phenoxy) is 2. The Hall–Kier alpha value is -2.92. The predicted molar refractivity (Wildman–Crippen MR) is 353 cm³/mol. The number of allylic oxidation sites excluding steroid dienone is 14. The lowest BCUT2D eigenvalue weighted by atomic mass is 10.0. The third-order valence-electron chi connectivity index (χ3n) is 15.7. The summed E-state index contributed by atoms with van der Waals surface area (Å²) in [6, 6.07) is 0. The van der Waals surface area contributed by atoms with Crippen molar-refractivity contribution in [1.82, 2.24) is 0 Å². The predicted octanol–water partition coefficient (Wildman–Crippen LogP) is 24.4. The molecule has 1 atom stereocenters. The highest BCUT2D eigenvalue weighted by Gasteiger charge is 2.16. The van der Waals surface area contributed by atoms with Gasteiger partial charge in [-0.1, -0.05) is 343 Å². The van der Waals surface area contributed by atoms with Crippen molar-refractivity contribution >= 4 is 11.9 Å². The van der Waals surface area contributed by atoms with Gasteiger partial charge in [-0.2, -0.15) is 0 Å². The zero-order valence-corrected chi connectivity index (χ0v) is 53.3. The van der Waals surface area contributed by atoms with Gasteiger partial charge in [0.25, 0.3) is 0 Å². The Morgan fingerprint density at radius 1 is 0.300 bits per heavy atom. The third kappa shape index (κ3) is 67.6. The van der Waals surface area contributed by atoms with Gasteiger partial charge in [-0.05, 0) is 89.9 Å². The Labute approximate surface area is 498 Å². The second-order valence-corrected chi connectivity index (χ2v) is 23.6. The zero-order valence-electron chi connectivity index (χ0n) is 53.3. The molecular weight excluding hydrogens is 981 g/mol. The Morgan fingerprint density at radius 3 is 0.812 bits per heavy atom. The lowest BCUT2D eigenvalue weighted by molar-refractivity contribution is -0.161. The first-order valence-electron chi connectivity index (χ1n) is 35.1. The minimum Gasteiger partial charge on any atom is -0.462 e. The van der Waals surface area contributed by atoms with Gasteiger partial charge < -0.3 is 14.6 Å². The number of carbonyl (C=O) groups excluding carboxylic acids is 2. The lowest BCUT2D eigenvalue weighted by Gasteiger charge is -2.15. The van der Waals surface area contributed by atoms with E-state index < -0.39 is 6.10 Å². The molecule has 0 aliphatic heterocycles. The van der Waals surface area contributed by atoms with Gasteiger partial charge in [0.05, 0.1) is 6.61 Å². The van der Waals surface area contributed by atoms with Crippen LogP contribution >= 0.6 is 0 Å². The molecule has 0 spiro atoms. The summed E-state index contributed by atoms with van der Waals surface area (Å²) >= 11 is 0. The molecule has 0 heterocycles. The number of aliphatic hydroxyl groups excluding tert-OH is 1. The number of esters is 2. The lowest BCUT2D eigenvalue weighted by Crippen LogP contribution is -2.28. The van der Waals surface area contributed by atoms with Gasteiger partial charge in [0.2, 0.25) is 0 Å². The van der Waals surface area contributed by atoms with Gasteiger partial charge in [-0.3, -0.25) is 9.59 Å². The van der Waals surface area contributed by atoms with Crippen molar-refractivity contribution in [1.29, 1.82) is 0 Å². The highest BCUT2D eigenvalue weighted by atomic mass is 16.6. The molecule has 0 amide bonds. The van der Waals surface area contributed by atoms with Gasteiger partial charge in [0, 0.05) is 12.8 Å². The molecule has 0 saturated heterocycles. The highest BCUT2D eigenvalue weighted by molar-refractivity contribution is 5.70. The van der Waals surface area contributed by atoms with Crippen LogP contribution in [0, 0.1) is 0 Å². The van der Waals surface area contributed by atoms with E-state index in [4.69, 9.17) is 9.47 Å². The molecule has 0 radical (unpaired) electrons. The fourth-order valence-corrected chi connectivity index (χ4v) is 10.4. The molecule has 0 fully saturated rings. The number of aliphatic hydroxyl groups is 1. The number of carbonyl (C=O) groups is 2. The van der Waals surface area contributed by atoms with Crippen LogP contribution in [0.25, 0.3) is 0 Å². The zero-order chi connectivity index (χ0) is 57.6. The Kier molecular flexibility index (Phi) is 67.8. The fraction of sp³-hybridized carbons (Fsp3) is 0.787. The summed E-state index contributed by atoms with van der Waals surface area (Å²) < 4.78 is 10.8. The second kappa shape index (κ2) is 70.3. The van der Waals surface area contributed by atoms with Crippen LogP contribution < -0.4 is 0 Å². The molecule has 0 bridgehead atoms. The smallest absolute Gasteiger partial charge is 0.306 e. The van der Waals surface area contributed by atoms with Crippen molar-refractivity contribution in [2.45, 2.75) is 367 Å².